The first-order chi connectivity index (χ1) is 16.6. The van der Waals surface area contributed by atoms with Gasteiger partial charge in [-0.05, 0) is 23.3 Å². The monoisotopic (exact) mass is 453 g/mol. The summed E-state index contributed by atoms with van der Waals surface area (Å²) >= 11 is 0. The average Bonchev–Trinajstić information content (AvgIpc) is 2.87. The third-order valence-electron chi connectivity index (χ3n) is 5.83. The van der Waals surface area contributed by atoms with Crippen LogP contribution in [0.1, 0.15) is 29.0 Å². The molecule has 0 fully saturated rings. The van der Waals surface area contributed by atoms with Crippen LogP contribution < -0.4 is 20.3 Å². The van der Waals surface area contributed by atoms with Crippen LogP contribution in [0.5, 0.6) is 11.5 Å². The number of benzene rings is 3. The molecule has 0 saturated heterocycles. The van der Waals surface area contributed by atoms with Crippen LogP contribution in [0, 0.1) is 0 Å². The number of ether oxygens (including phenoxy) is 2. The van der Waals surface area contributed by atoms with Crippen molar-refractivity contribution in [3.63, 3.8) is 0 Å². The maximum Gasteiger partial charge on any atom is 0.257 e. The molecule has 170 valence electrons. The fourth-order valence-electron chi connectivity index (χ4n) is 4.14. The minimum atomic E-state index is -0.457. The van der Waals surface area contributed by atoms with E-state index in [0.717, 1.165) is 16.7 Å². The smallest absolute Gasteiger partial charge is 0.257 e. The Morgan fingerprint density at radius 1 is 0.941 bits per heavy atom. The van der Waals surface area contributed by atoms with Gasteiger partial charge in [0.2, 0.25) is 5.91 Å². The standard InChI is InChI=1S/C27H23N3O4/c1-33-22-14-19(12-13-21(22)34-16-17-8-4-2-5-9-17)20-15-23(31)28-26-24(20)27(32)30-25(29-26)18-10-6-3-7-11-18/h2-14,20H,15-16H2,1H3,(H2,28,29,30,31,32)/t20-/m0/s1. The Kier molecular flexibility index (Phi) is 5.82. The molecule has 1 amide bonds. The number of H-pyrrole nitrogens is 1. The molecule has 7 heteroatoms. The van der Waals surface area contributed by atoms with E-state index in [2.05, 4.69) is 15.3 Å². The molecule has 2 N–H and O–H groups in total. The first-order valence-corrected chi connectivity index (χ1v) is 11.0. The second-order valence-corrected chi connectivity index (χ2v) is 8.03. The normalized spacial score (nSPS) is 14.7. The van der Waals surface area contributed by atoms with Crippen molar-refractivity contribution < 1.29 is 14.3 Å². The van der Waals surface area contributed by atoms with E-state index in [0.29, 0.717) is 29.5 Å². The molecule has 1 atom stereocenters. The largest absolute Gasteiger partial charge is 0.493 e. The number of aromatic nitrogens is 2. The first kappa shape index (κ1) is 21.5. The number of hydrogen-bond acceptors (Lipinski definition) is 5. The van der Waals surface area contributed by atoms with Crippen LogP contribution in [0.25, 0.3) is 11.4 Å². The summed E-state index contributed by atoms with van der Waals surface area (Å²) < 4.78 is 11.5. The van der Waals surface area contributed by atoms with E-state index in [4.69, 9.17) is 9.47 Å². The predicted molar refractivity (Wildman–Crippen MR) is 129 cm³/mol. The van der Waals surface area contributed by atoms with Crippen molar-refractivity contribution in [2.75, 3.05) is 12.4 Å². The van der Waals surface area contributed by atoms with Gasteiger partial charge >= 0.3 is 0 Å². The summed E-state index contributed by atoms with van der Waals surface area (Å²) in [6.45, 7) is 0.400. The molecule has 1 aliphatic rings. The number of hydrogen-bond donors (Lipinski definition) is 2. The van der Waals surface area contributed by atoms with Crippen LogP contribution in [-0.4, -0.2) is 23.0 Å². The zero-order valence-corrected chi connectivity index (χ0v) is 18.6. The average molecular weight is 453 g/mol. The highest BCUT2D eigenvalue weighted by Crippen LogP contribution is 2.38. The van der Waals surface area contributed by atoms with Crippen LogP contribution in [0.3, 0.4) is 0 Å². The van der Waals surface area contributed by atoms with E-state index in [1.807, 2.05) is 78.9 Å². The number of carbonyl (C=O) groups is 1. The van der Waals surface area contributed by atoms with E-state index < -0.39 is 5.92 Å². The molecule has 5 rings (SSSR count). The van der Waals surface area contributed by atoms with Crippen molar-refractivity contribution in [2.45, 2.75) is 18.9 Å². The number of anilines is 1. The molecule has 0 unspecified atom stereocenters. The number of nitrogens with one attached hydrogen (secondary N) is 2. The number of nitrogens with zero attached hydrogens (tertiary/aromatic N) is 1. The van der Waals surface area contributed by atoms with Gasteiger partial charge in [0, 0.05) is 17.9 Å². The van der Waals surface area contributed by atoms with Gasteiger partial charge < -0.3 is 19.8 Å². The Labute approximate surface area is 196 Å². The summed E-state index contributed by atoms with van der Waals surface area (Å²) in [5.41, 5.74) is 2.73. The van der Waals surface area contributed by atoms with Crippen molar-refractivity contribution in [1.82, 2.24) is 9.97 Å². The summed E-state index contributed by atoms with van der Waals surface area (Å²) in [4.78, 5) is 33.1. The molecule has 0 aliphatic carbocycles. The maximum absolute atomic E-state index is 13.1. The molecule has 0 saturated carbocycles. The number of amides is 1. The third kappa shape index (κ3) is 4.28. The first-order valence-electron chi connectivity index (χ1n) is 11.0. The number of rotatable bonds is 6. The summed E-state index contributed by atoms with van der Waals surface area (Å²) in [6, 6.07) is 24.7. The van der Waals surface area contributed by atoms with Gasteiger partial charge in [-0.2, -0.15) is 0 Å². The molecule has 1 aromatic heterocycles. The van der Waals surface area contributed by atoms with Crippen LogP contribution in [0.2, 0.25) is 0 Å². The highest BCUT2D eigenvalue weighted by Gasteiger charge is 2.31. The fraction of sp³-hybridized carbons (Fsp3) is 0.148. The van der Waals surface area contributed by atoms with E-state index >= 15 is 0 Å². The van der Waals surface area contributed by atoms with E-state index in [9.17, 15) is 9.59 Å². The second kappa shape index (κ2) is 9.23. The Balaban J connectivity index is 1.48. The zero-order valence-electron chi connectivity index (χ0n) is 18.6. The lowest BCUT2D eigenvalue weighted by atomic mass is 9.86. The molecule has 0 radical (unpaired) electrons. The van der Waals surface area contributed by atoms with Crippen LogP contribution in [-0.2, 0) is 11.4 Å². The van der Waals surface area contributed by atoms with Crippen molar-refractivity contribution in [2.24, 2.45) is 0 Å². The molecule has 0 bridgehead atoms. The topological polar surface area (TPSA) is 93.3 Å². The van der Waals surface area contributed by atoms with Crippen molar-refractivity contribution in [3.05, 3.63) is 106 Å². The number of fused-ring (bicyclic) bond motifs is 1. The van der Waals surface area contributed by atoms with Gasteiger partial charge in [-0.1, -0.05) is 66.7 Å². The lowest BCUT2D eigenvalue weighted by Gasteiger charge is -2.25. The number of carbonyl (C=O) groups excluding carboxylic acids is 1. The Morgan fingerprint density at radius 2 is 1.68 bits per heavy atom. The van der Waals surface area contributed by atoms with Gasteiger partial charge in [0.25, 0.3) is 5.56 Å². The predicted octanol–water partition coefficient (Wildman–Crippen LogP) is 4.50. The molecule has 34 heavy (non-hydrogen) atoms. The van der Waals surface area contributed by atoms with Crippen molar-refractivity contribution in [1.29, 1.82) is 0 Å². The maximum atomic E-state index is 13.1. The highest BCUT2D eigenvalue weighted by atomic mass is 16.5. The summed E-state index contributed by atoms with van der Waals surface area (Å²) in [5.74, 6) is 1.16. The van der Waals surface area contributed by atoms with Gasteiger partial charge in [0.05, 0.1) is 12.7 Å². The van der Waals surface area contributed by atoms with E-state index in [1.54, 1.807) is 7.11 Å². The third-order valence-corrected chi connectivity index (χ3v) is 5.83. The zero-order chi connectivity index (χ0) is 23.5. The van der Waals surface area contributed by atoms with Crippen molar-refractivity contribution >= 4 is 11.7 Å². The van der Waals surface area contributed by atoms with Gasteiger partial charge in [0.1, 0.15) is 18.2 Å². The number of methoxy groups -OCH3 is 1. The summed E-state index contributed by atoms with van der Waals surface area (Å²) in [7, 11) is 1.57. The minimum absolute atomic E-state index is 0.135. The number of aromatic amines is 1. The lowest BCUT2D eigenvalue weighted by molar-refractivity contribution is -0.116. The Bertz CT molecular complexity index is 1380. The van der Waals surface area contributed by atoms with Gasteiger partial charge in [-0.25, -0.2) is 4.98 Å². The molecule has 2 heterocycles. The lowest BCUT2D eigenvalue weighted by Crippen LogP contribution is -2.31. The molecule has 1 aliphatic heterocycles. The van der Waals surface area contributed by atoms with E-state index in [-0.39, 0.29) is 23.7 Å². The van der Waals surface area contributed by atoms with Gasteiger partial charge in [-0.3, -0.25) is 9.59 Å². The van der Waals surface area contributed by atoms with Crippen molar-refractivity contribution in [3.8, 4) is 22.9 Å². The van der Waals surface area contributed by atoms with Crippen LogP contribution in [0.4, 0.5) is 5.82 Å². The molecule has 3 aromatic carbocycles. The van der Waals surface area contributed by atoms with E-state index in [1.165, 1.54) is 0 Å². The highest BCUT2D eigenvalue weighted by molar-refractivity contribution is 5.94. The molecule has 7 nitrogen and oxygen atoms in total. The Hall–Kier alpha value is -4.39. The minimum Gasteiger partial charge on any atom is -0.493 e. The van der Waals surface area contributed by atoms with Crippen LogP contribution >= 0.6 is 0 Å². The molecular formula is C27H23N3O4. The summed E-state index contributed by atoms with van der Waals surface area (Å²) in [6.07, 6.45) is 0.135. The quantitative estimate of drug-likeness (QED) is 0.448. The fourth-order valence-corrected chi connectivity index (χ4v) is 4.14. The molecule has 0 spiro atoms. The van der Waals surface area contributed by atoms with Crippen LogP contribution in [0.15, 0.2) is 83.7 Å². The van der Waals surface area contributed by atoms with Gasteiger partial charge in [-0.15, -0.1) is 0 Å². The Morgan fingerprint density at radius 3 is 2.41 bits per heavy atom. The van der Waals surface area contributed by atoms with Gasteiger partial charge in [0.15, 0.2) is 11.5 Å². The SMILES string of the molecule is COc1cc([C@@H]2CC(=O)Nc3nc(-c4ccccc4)[nH]c(=O)c32)ccc1OCc1ccccc1. The molecule has 4 aromatic rings. The summed E-state index contributed by atoms with van der Waals surface area (Å²) in [5, 5.41) is 2.76. The second-order valence-electron chi connectivity index (χ2n) is 8.03. The molecular weight excluding hydrogens is 430 g/mol.